The van der Waals surface area contributed by atoms with Crippen molar-refractivity contribution < 1.29 is 4.79 Å². The fourth-order valence-corrected chi connectivity index (χ4v) is 2.90. The summed E-state index contributed by atoms with van der Waals surface area (Å²) >= 11 is 0. The maximum Gasteiger partial charge on any atom is 0.246 e. The van der Waals surface area contributed by atoms with Crippen molar-refractivity contribution in [2.24, 2.45) is 0 Å². The molecule has 0 aromatic carbocycles. The van der Waals surface area contributed by atoms with Crippen LogP contribution < -0.4 is 0 Å². The molecule has 0 radical (unpaired) electrons. The number of rotatable bonds is 6. The van der Waals surface area contributed by atoms with Crippen LogP contribution in [-0.2, 0) is 11.2 Å². The van der Waals surface area contributed by atoms with E-state index in [1.54, 1.807) is 12.2 Å². The number of amides is 1. The van der Waals surface area contributed by atoms with Crippen LogP contribution in [0.2, 0.25) is 0 Å². The second-order valence-corrected chi connectivity index (χ2v) is 5.98. The molecule has 1 aromatic rings. The Bertz CT molecular complexity index is 531. The minimum atomic E-state index is 0.0926. The van der Waals surface area contributed by atoms with Gasteiger partial charge in [-0.05, 0) is 31.9 Å². The molecule has 0 bridgehead atoms. The lowest BCUT2D eigenvalue weighted by Gasteiger charge is -2.36. The van der Waals surface area contributed by atoms with Crippen LogP contribution in [0.4, 0.5) is 0 Å². The van der Waals surface area contributed by atoms with E-state index < -0.39 is 0 Å². The van der Waals surface area contributed by atoms with Gasteiger partial charge in [0.05, 0.1) is 0 Å². The average molecular weight is 313 g/mol. The molecule has 2 heterocycles. The Hall–Kier alpha value is -1.94. The molecule has 1 fully saturated rings. The summed E-state index contributed by atoms with van der Waals surface area (Å²) in [4.78, 5) is 20.8. The van der Waals surface area contributed by atoms with Gasteiger partial charge in [0.25, 0.3) is 0 Å². The van der Waals surface area contributed by atoms with Gasteiger partial charge in [-0.3, -0.25) is 9.78 Å². The van der Waals surface area contributed by atoms with E-state index in [1.807, 2.05) is 49.4 Å². The van der Waals surface area contributed by atoms with Gasteiger partial charge >= 0.3 is 0 Å². The highest BCUT2D eigenvalue weighted by molar-refractivity contribution is 5.87. The first kappa shape index (κ1) is 17.4. The Morgan fingerprint density at radius 2 is 2.13 bits per heavy atom. The number of nitrogens with zero attached hydrogens (tertiary/aromatic N) is 3. The number of hydrogen-bond acceptors (Lipinski definition) is 3. The summed E-state index contributed by atoms with van der Waals surface area (Å²) in [6, 6.07) is 6.42. The first-order chi connectivity index (χ1) is 11.2. The number of likely N-dealkylation sites (tertiary alicyclic amines) is 1. The molecule has 124 valence electrons. The molecule has 1 aromatic heterocycles. The zero-order chi connectivity index (χ0) is 16.5. The first-order valence-electron chi connectivity index (χ1n) is 8.39. The van der Waals surface area contributed by atoms with E-state index in [2.05, 4.69) is 16.0 Å². The second-order valence-electron chi connectivity index (χ2n) is 5.98. The minimum Gasteiger partial charge on any atom is -0.339 e. The van der Waals surface area contributed by atoms with Crippen LogP contribution in [0.25, 0.3) is 0 Å². The summed E-state index contributed by atoms with van der Waals surface area (Å²) in [6.45, 7) is 5.09. The molecule has 2 rings (SSSR count). The fraction of sp³-hybridized carbons (Fsp3) is 0.474. The third kappa shape index (κ3) is 5.64. The van der Waals surface area contributed by atoms with E-state index in [0.29, 0.717) is 6.04 Å². The van der Waals surface area contributed by atoms with Gasteiger partial charge in [-0.15, -0.1) is 0 Å². The molecule has 0 unspecified atom stereocenters. The molecule has 0 N–H and O–H groups in total. The van der Waals surface area contributed by atoms with E-state index in [1.165, 1.54) is 0 Å². The van der Waals surface area contributed by atoms with Gasteiger partial charge in [0.15, 0.2) is 0 Å². The van der Waals surface area contributed by atoms with Crippen LogP contribution in [0.1, 0.15) is 25.5 Å². The highest BCUT2D eigenvalue weighted by Crippen LogP contribution is 2.16. The number of piperidine rings is 1. The average Bonchev–Trinajstić information content (AvgIpc) is 2.61. The van der Waals surface area contributed by atoms with Crippen molar-refractivity contribution in [3.05, 3.63) is 54.4 Å². The number of pyridine rings is 1. The second kappa shape index (κ2) is 9.26. The Kier molecular flexibility index (Phi) is 7.01. The van der Waals surface area contributed by atoms with Crippen molar-refractivity contribution in [1.29, 1.82) is 0 Å². The van der Waals surface area contributed by atoms with Crippen LogP contribution >= 0.6 is 0 Å². The third-order valence-electron chi connectivity index (χ3n) is 4.41. The van der Waals surface area contributed by atoms with E-state index in [0.717, 1.165) is 44.6 Å². The molecule has 1 aliphatic rings. The van der Waals surface area contributed by atoms with E-state index >= 15 is 0 Å². The molecule has 0 aliphatic carbocycles. The van der Waals surface area contributed by atoms with Crippen LogP contribution in [0.15, 0.2) is 48.7 Å². The Balaban J connectivity index is 1.73. The van der Waals surface area contributed by atoms with Crippen molar-refractivity contribution in [2.75, 3.05) is 26.7 Å². The van der Waals surface area contributed by atoms with Crippen molar-refractivity contribution in [3.8, 4) is 0 Å². The highest BCUT2D eigenvalue weighted by atomic mass is 16.2. The largest absolute Gasteiger partial charge is 0.339 e. The molecule has 1 saturated heterocycles. The minimum absolute atomic E-state index is 0.0926. The highest BCUT2D eigenvalue weighted by Gasteiger charge is 2.24. The fourth-order valence-electron chi connectivity index (χ4n) is 2.90. The number of carbonyl (C=O) groups excluding carboxylic acids is 1. The maximum atomic E-state index is 12.1. The van der Waals surface area contributed by atoms with Gasteiger partial charge in [-0.25, -0.2) is 0 Å². The molecule has 0 spiro atoms. The van der Waals surface area contributed by atoms with E-state index in [4.69, 9.17) is 0 Å². The molecule has 0 atom stereocenters. The molecule has 23 heavy (non-hydrogen) atoms. The summed E-state index contributed by atoms with van der Waals surface area (Å²) in [5, 5.41) is 0. The van der Waals surface area contributed by atoms with Gasteiger partial charge in [-0.1, -0.05) is 24.3 Å². The molecule has 4 nitrogen and oxygen atoms in total. The summed E-state index contributed by atoms with van der Waals surface area (Å²) < 4.78 is 0. The summed E-state index contributed by atoms with van der Waals surface area (Å²) in [7, 11) is 1.91. The normalized spacial score (nSPS) is 17.1. The number of allylic oxidation sites excluding steroid dienone is 3. The zero-order valence-electron chi connectivity index (χ0n) is 14.2. The van der Waals surface area contributed by atoms with Gasteiger partial charge in [0.1, 0.15) is 0 Å². The lowest BCUT2D eigenvalue weighted by atomic mass is 10.0. The lowest BCUT2D eigenvalue weighted by molar-refractivity contribution is -0.127. The number of aromatic nitrogens is 1. The van der Waals surface area contributed by atoms with Gasteiger partial charge in [0.2, 0.25) is 5.91 Å². The Morgan fingerprint density at radius 3 is 2.78 bits per heavy atom. The first-order valence-corrected chi connectivity index (χ1v) is 8.39. The molecular formula is C19H27N3O. The van der Waals surface area contributed by atoms with Crippen molar-refractivity contribution in [1.82, 2.24) is 14.8 Å². The maximum absolute atomic E-state index is 12.1. The molecular weight excluding hydrogens is 286 g/mol. The predicted molar refractivity (Wildman–Crippen MR) is 94.1 cm³/mol. The number of hydrogen-bond donors (Lipinski definition) is 0. The quantitative estimate of drug-likeness (QED) is 0.598. The van der Waals surface area contributed by atoms with E-state index in [-0.39, 0.29) is 5.91 Å². The monoisotopic (exact) mass is 313 g/mol. The number of likely N-dealkylation sites (N-methyl/N-ethyl adjacent to an activating group) is 1. The predicted octanol–water partition coefficient (Wildman–Crippen LogP) is 2.68. The molecule has 4 heteroatoms. The Morgan fingerprint density at radius 1 is 1.35 bits per heavy atom. The zero-order valence-corrected chi connectivity index (χ0v) is 14.2. The van der Waals surface area contributed by atoms with Gasteiger partial charge < -0.3 is 9.80 Å². The number of carbonyl (C=O) groups is 1. The molecule has 1 amide bonds. The third-order valence-corrected chi connectivity index (χ3v) is 4.41. The molecule has 1 aliphatic heterocycles. The summed E-state index contributed by atoms with van der Waals surface area (Å²) in [5.74, 6) is 0.0926. The topological polar surface area (TPSA) is 36.4 Å². The van der Waals surface area contributed by atoms with Crippen LogP contribution in [-0.4, -0.2) is 53.4 Å². The standard InChI is InChI=1S/C19H27N3O/c1-3-4-5-9-19(23)21(2)18-11-15-22(16-12-18)14-10-17-8-6-7-13-20-17/h3-9,13,18H,10-12,14-16H2,1-2H3/b4-3+,9-5+. The van der Waals surface area contributed by atoms with Crippen molar-refractivity contribution in [2.45, 2.75) is 32.2 Å². The van der Waals surface area contributed by atoms with E-state index in [9.17, 15) is 4.79 Å². The SMILES string of the molecule is C/C=C/C=C/C(=O)N(C)C1CCN(CCc2ccccn2)CC1. The van der Waals surface area contributed by atoms with Crippen LogP contribution in [0.5, 0.6) is 0 Å². The van der Waals surface area contributed by atoms with Crippen molar-refractivity contribution >= 4 is 5.91 Å². The Labute approximate surface area is 139 Å². The lowest BCUT2D eigenvalue weighted by Crippen LogP contribution is -2.45. The summed E-state index contributed by atoms with van der Waals surface area (Å²) in [5.41, 5.74) is 1.15. The van der Waals surface area contributed by atoms with Crippen LogP contribution in [0, 0.1) is 0 Å². The molecule has 0 saturated carbocycles. The smallest absolute Gasteiger partial charge is 0.246 e. The van der Waals surface area contributed by atoms with Gasteiger partial charge in [-0.2, -0.15) is 0 Å². The van der Waals surface area contributed by atoms with Crippen molar-refractivity contribution in [3.63, 3.8) is 0 Å². The van der Waals surface area contributed by atoms with Gasteiger partial charge in [0, 0.05) is 57.1 Å². The summed E-state index contributed by atoms with van der Waals surface area (Å²) in [6.07, 6.45) is 12.2. The van der Waals surface area contributed by atoms with Crippen LogP contribution in [0.3, 0.4) is 0 Å².